The topological polar surface area (TPSA) is 106 Å². The highest BCUT2D eigenvalue weighted by Gasteiger charge is 2.25. The van der Waals surface area contributed by atoms with Crippen LogP contribution in [-0.2, 0) is 19.0 Å². The fraction of sp³-hybridized carbons (Fsp3) is 0.600. The summed E-state index contributed by atoms with van der Waals surface area (Å²) in [4.78, 5) is 24.6. The number of hydrogen-bond acceptors (Lipinski definition) is 7. The Labute approximate surface area is 158 Å². The largest absolute Gasteiger partial charge is 0.384 e. The lowest BCUT2D eigenvalue weighted by Crippen LogP contribution is -2.43. The average molecular weight is 439 g/mol. The number of carbonyl (C=O) groups is 2. The zero-order valence-electron chi connectivity index (χ0n) is 14.1. The third-order valence-electron chi connectivity index (χ3n) is 3.24. The SMILES string of the molecule is CCOCOCC(CC(COC)C(=O)NO)NC(=O)c1ccc(Br)s1. The van der Waals surface area contributed by atoms with Crippen molar-refractivity contribution in [1.82, 2.24) is 10.8 Å². The van der Waals surface area contributed by atoms with E-state index in [0.717, 1.165) is 3.79 Å². The van der Waals surface area contributed by atoms with E-state index in [-0.39, 0.29) is 32.3 Å². The second kappa shape index (κ2) is 12.3. The molecule has 0 radical (unpaired) electrons. The zero-order chi connectivity index (χ0) is 18.7. The minimum Gasteiger partial charge on any atom is -0.384 e. The minimum absolute atomic E-state index is 0.0918. The van der Waals surface area contributed by atoms with Gasteiger partial charge in [0.1, 0.15) is 6.79 Å². The molecule has 10 heteroatoms. The van der Waals surface area contributed by atoms with Crippen molar-refractivity contribution in [2.24, 2.45) is 5.92 Å². The summed E-state index contributed by atoms with van der Waals surface area (Å²) in [5.74, 6) is -1.47. The van der Waals surface area contributed by atoms with E-state index in [1.54, 1.807) is 17.6 Å². The summed E-state index contributed by atoms with van der Waals surface area (Å²) in [6.45, 7) is 2.72. The number of amides is 2. The van der Waals surface area contributed by atoms with Crippen LogP contribution in [0, 0.1) is 5.92 Å². The molecule has 0 aliphatic heterocycles. The van der Waals surface area contributed by atoms with Crippen molar-refractivity contribution in [3.63, 3.8) is 0 Å². The van der Waals surface area contributed by atoms with Gasteiger partial charge in [-0.25, -0.2) is 5.48 Å². The maximum absolute atomic E-state index is 12.3. The van der Waals surface area contributed by atoms with Gasteiger partial charge in [0.05, 0.1) is 33.8 Å². The molecule has 0 aromatic carbocycles. The predicted molar refractivity (Wildman–Crippen MR) is 95.6 cm³/mol. The second-order valence-electron chi connectivity index (χ2n) is 5.12. The highest BCUT2D eigenvalue weighted by Crippen LogP contribution is 2.22. The minimum atomic E-state index is -0.633. The molecular weight excluding hydrogens is 416 g/mol. The Kier molecular flexibility index (Phi) is 10.9. The van der Waals surface area contributed by atoms with Gasteiger partial charge in [-0.2, -0.15) is 0 Å². The maximum Gasteiger partial charge on any atom is 0.261 e. The summed E-state index contributed by atoms with van der Waals surface area (Å²) in [5, 5.41) is 11.7. The van der Waals surface area contributed by atoms with Gasteiger partial charge in [0.25, 0.3) is 5.91 Å². The molecule has 25 heavy (non-hydrogen) atoms. The molecule has 1 rings (SSSR count). The number of carbonyl (C=O) groups excluding carboxylic acids is 2. The molecule has 2 unspecified atom stereocenters. The first-order valence-electron chi connectivity index (χ1n) is 7.66. The van der Waals surface area contributed by atoms with Crippen molar-refractivity contribution in [2.75, 3.05) is 33.7 Å². The monoisotopic (exact) mass is 438 g/mol. The number of nitrogens with one attached hydrogen (secondary N) is 2. The Morgan fingerprint density at radius 1 is 1.32 bits per heavy atom. The summed E-state index contributed by atoms with van der Waals surface area (Å²) in [6.07, 6.45) is 0.241. The van der Waals surface area contributed by atoms with Crippen LogP contribution in [0.2, 0.25) is 0 Å². The lowest BCUT2D eigenvalue weighted by Gasteiger charge is -2.23. The van der Waals surface area contributed by atoms with E-state index in [4.69, 9.17) is 19.4 Å². The van der Waals surface area contributed by atoms with Crippen LogP contribution in [0.25, 0.3) is 0 Å². The highest BCUT2D eigenvalue weighted by atomic mass is 79.9. The van der Waals surface area contributed by atoms with Crippen LogP contribution in [0.15, 0.2) is 15.9 Å². The van der Waals surface area contributed by atoms with Gasteiger partial charge < -0.3 is 19.5 Å². The summed E-state index contributed by atoms with van der Waals surface area (Å²) >= 11 is 4.62. The van der Waals surface area contributed by atoms with Gasteiger partial charge in [-0.15, -0.1) is 11.3 Å². The second-order valence-corrected chi connectivity index (χ2v) is 7.58. The first-order chi connectivity index (χ1) is 12.0. The molecule has 1 heterocycles. The van der Waals surface area contributed by atoms with Crippen molar-refractivity contribution in [2.45, 2.75) is 19.4 Å². The molecular formula is C15H23BrN2O6S. The van der Waals surface area contributed by atoms with E-state index in [1.807, 2.05) is 6.92 Å². The molecule has 1 aromatic rings. The Balaban J connectivity index is 2.72. The molecule has 142 valence electrons. The standard InChI is InChI=1S/C15H23BrN2O6S/c1-3-23-9-24-8-11(6-10(7-22-2)14(19)18-21)17-15(20)12-4-5-13(16)25-12/h4-5,10-11,21H,3,6-9H2,1-2H3,(H,17,20)(H,18,19). The maximum atomic E-state index is 12.3. The van der Waals surface area contributed by atoms with Crippen molar-refractivity contribution >= 4 is 39.1 Å². The molecule has 1 aromatic heterocycles. The Hall–Kier alpha value is -1.04. The Morgan fingerprint density at radius 2 is 2.08 bits per heavy atom. The van der Waals surface area contributed by atoms with Crippen molar-refractivity contribution in [3.05, 3.63) is 20.8 Å². The number of halogens is 1. The number of thiophene rings is 1. The van der Waals surface area contributed by atoms with Crippen LogP contribution < -0.4 is 10.8 Å². The molecule has 0 spiro atoms. The van der Waals surface area contributed by atoms with Gasteiger partial charge in [0.15, 0.2) is 0 Å². The lowest BCUT2D eigenvalue weighted by atomic mass is 10.00. The Bertz CT molecular complexity index is 542. The van der Waals surface area contributed by atoms with Crippen LogP contribution >= 0.6 is 27.3 Å². The van der Waals surface area contributed by atoms with E-state index in [2.05, 4.69) is 21.2 Å². The van der Waals surface area contributed by atoms with E-state index in [9.17, 15) is 9.59 Å². The average Bonchev–Trinajstić information content (AvgIpc) is 3.04. The molecule has 8 nitrogen and oxygen atoms in total. The molecule has 0 saturated heterocycles. The van der Waals surface area contributed by atoms with Crippen molar-refractivity contribution in [3.8, 4) is 0 Å². The van der Waals surface area contributed by atoms with E-state index in [0.29, 0.717) is 11.5 Å². The normalized spacial score (nSPS) is 13.3. The summed E-state index contributed by atoms with van der Waals surface area (Å²) in [6, 6.07) is 3.04. The van der Waals surface area contributed by atoms with Gasteiger partial charge >= 0.3 is 0 Å². The molecule has 0 saturated carbocycles. The zero-order valence-corrected chi connectivity index (χ0v) is 16.5. The number of hydrogen-bond donors (Lipinski definition) is 3. The van der Waals surface area contributed by atoms with Gasteiger partial charge in [-0.3, -0.25) is 14.8 Å². The molecule has 2 atom stereocenters. The van der Waals surface area contributed by atoms with Gasteiger partial charge in [0, 0.05) is 13.7 Å². The molecule has 0 fully saturated rings. The summed E-state index contributed by atoms with van der Waals surface area (Å²) < 4.78 is 16.4. The third-order valence-corrected chi connectivity index (χ3v) is 4.86. The lowest BCUT2D eigenvalue weighted by molar-refractivity contribution is -0.135. The fourth-order valence-electron chi connectivity index (χ4n) is 2.08. The van der Waals surface area contributed by atoms with Crippen LogP contribution in [0.5, 0.6) is 0 Å². The van der Waals surface area contributed by atoms with E-state index in [1.165, 1.54) is 18.4 Å². The van der Waals surface area contributed by atoms with Crippen LogP contribution in [-0.4, -0.2) is 56.8 Å². The predicted octanol–water partition coefficient (Wildman–Crippen LogP) is 1.78. The van der Waals surface area contributed by atoms with Gasteiger partial charge in [-0.1, -0.05) is 0 Å². The first-order valence-corrected chi connectivity index (χ1v) is 9.27. The van der Waals surface area contributed by atoms with E-state index < -0.39 is 17.9 Å². The fourth-order valence-corrected chi connectivity index (χ4v) is 3.37. The van der Waals surface area contributed by atoms with Crippen LogP contribution in [0.3, 0.4) is 0 Å². The highest BCUT2D eigenvalue weighted by molar-refractivity contribution is 9.11. The molecule has 0 aliphatic carbocycles. The number of methoxy groups -OCH3 is 1. The smallest absolute Gasteiger partial charge is 0.261 e. The molecule has 0 aliphatic rings. The van der Waals surface area contributed by atoms with Gasteiger partial charge in [0.2, 0.25) is 5.91 Å². The van der Waals surface area contributed by atoms with Gasteiger partial charge in [-0.05, 0) is 41.4 Å². The Morgan fingerprint density at radius 3 is 2.64 bits per heavy atom. The first kappa shape index (κ1) is 22.0. The molecule has 0 bridgehead atoms. The molecule has 2 amide bonds. The van der Waals surface area contributed by atoms with Crippen molar-refractivity contribution < 1.29 is 29.0 Å². The summed E-state index contributed by atoms with van der Waals surface area (Å²) in [7, 11) is 1.46. The number of rotatable bonds is 12. The van der Waals surface area contributed by atoms with Crippen molar-refractivity contribution in [1.29, 1.82) is 0 Å². The van der Waals surface area contributed by atoms with Crippen LogP contribution in [0.4, 0.5) is 0 Å². The number of ether oxygens (including phenoxy) is 3. The van der Waals surface area contributed by atoms with E-state index >= 15 is 0 Å². The molecule has 3 N–H and O–H groups in total. The van der Waals surface area contributed by atoms with Crippen LogP contribution in [0.1, 0.15) is 23.0 Å². The number of hydroxylamine groups is 1. The quantitative estimate of drug-likeness (QED) is 0.199. The third kappa shape index (κ3) is 8.25. The summed E-state index contributed by atoms with van der Waals surface area (Å²) in [5.41, 5.74) is 1.62.